The first-order valence-corrected chi connectivity index (χ1v) is 12.0. The molecule has 1 amide bonds. The van der Waals surface area contributed by atoms with E-state index >= 15 is 0 Å². The Kier molecular flexibility index (Phi) is 5.57. The van der Waals surface area contributed by atoms with Gasteiger partial charge in [-0.05, 0) is 43.2 Å². The maximum absolute atomic E-state index is 13.6. The van der Waals surface area contributed by atoms with Crippen LogP contribution in [-0.4, -0.2) is 59.5 Å². The van der Waals surface area contributed by atoms with Crippen molar-refractivity contribution < 1.29 is 31.1 Å². The van der Waals surface area contributed by atoms with Crippen LogP contribution in [0.3, 0.4) is 0 Å². The molecule has 2 aliphatic rings. The minimum atomic E-state index is -4.66. The van der Waals surface area contributed by atoms with Crippen LogP contribution in [0.25, 0.3) is 5.65 Å². The summed E-state index contributed by atoms with van der Waals surface area (Å²) in [6, 6.07) is 7.71. The summed E-state index contributed by atoms with van der Waals surface area (Å²) in [5.74, 6) is -0.749. The minimum absolute atomic E-state index is 0.00877. The SMILES string of the molecule is O=C(Nc1ccc(S(=O)(=O)N2CCOCC2)cc1)c1cc2nc(C3CC3)cc(C(F)(F)F)n2n1. The number of carbonyl (C=O) groups is 1. The molecule has 3 heterocycles. The van der Waals surface area contributed by atoms with Gasteiger partial charge in [-0.1, -0.05) is 0 Å². The van der Waals surface area contributed by atoms with Crippen LogP contribution in [0.1, 0.15) is 40.6 Å². The van der Waals surface area contributed by atoms with Crippen molar-refractivity contribution >= 4 is 27.3 Å². The lowest BCUT2D eigenvalue weighted by Crippen LogP contribution is -2.40. The highest BCUT2D eigenvalue weighted by molar-refractivity contribution is 7.89. The number of aromatic nitrogens is 3. The highest BCUT2D eigenvalue weighted by Gasteiger charge is 2.37. The van der Waals surface area contributed by atoms with Crippen molar-refractivity contribution in [2.75, 3.05) is 31.6 Å². The van der Waals surface area contributed by atoms with Crippen molar-refractivity contribution in [1.82, 2.24) is 18.9 Å². The Morgan fingerprint density at radius 3 is 2.38 bits per heavy atom. The molecule has 34 heavy (non-hydrogen) atoms. The highest BCUT2D eigenvalue weighted by Crippen LogP contribution is 2.41. The van der Waals surface area contributed by atoms with Crippen LogP contribution < -0.4 is 5.32 Å². The number of amides is 1. The number of anilines is 1. The Morgan fingerprint density at radius 2 is 1.76 bits per heavy atom. The van der Waals surface area contributed by atoms with E-state index in [1.165, 1.54) is 34.6 Å². The van der Waals surface area contributed by atoms with E-state index in [1.807, 2.05) is 0 Å². The lowest BCUT2D eigenvalue weighted by molar-refractivity contribution is -0.142. The van der Waals surface area contributed by atoms with Crippen molar-refractivity contribution in [3.05, 3.63) is 53.5 Å². The summed E-state index contributed by atoms with van der Waals surface area (Å²) in [5.41, 5.74) is -0.685. The molecule has 2 aromatic heterocycles. The highest BCUT2D eigenvalue weighted by atomic mass is 32.2. The molecule has 13 heteroatoms. The number of rotatable bonds is 5. The molecular weight excluding hydrogens is 475 g/mol. The van der Waals surface area contributed by atoms with Crippen LogP contribution in [0, 0.1) is 0 Å². The van der Waals surface area contributed by atoms with Gasteiger partial charge in [0.15, 0.2) is 11.3 Å². The number of benzene rings is 1. The first-order valence-electron chi connectivity index (χ1n) is 10.6. The number of ether oxygens (including phenoxy) is 1. The lowest BCUT2D eigenvalue weighted by Gasteiger charge is -2.26. The van der Waals surface area contributed by atoms with E-state index in [4.69, 9.17) is 4.74 Å². The van der Waals surface area contributed by atoms with E-state index in [0.29, 0.717) is 23.4 Å². The van der Waals surface area contributed by atoms with E-state index in [-0.39, 0.29) is 40.9 Å². The normalized spacial score (nSPS) is 17.7. The molecule has 5 rings (SSSR count). The molecule has 2 fully saturated rings. The van der Waals surface area contributed by atoms with Crippen molar-refractivity contribution in [3.63, 3.8) is 0 Å². The summed E-state index contributed by atoms with van der Waals surface area (Å²) < 4.78 is 73.2. The van der Waals surface area contributed by atoms with Crippen molar-refractivity contribution in [2.24, 2.45) is 0 Å². The number of nitrogens with zero attached hydrogens (tertiary/aromatic N) is 4. The predicted molar refractivity (Wildman–Crippen MR) is 114 cm³/mol. The van der Waals surface area contributed by atoms with Gasteiger partial charge in [0.2, 0.25) is 10.0 Å². The average Bonchev–Trinajstić information content (AvgIpc) is 3.57. The van der Waals surface area contributed by atoms with Crippen LogP contribution in [0.4, 0.5) is 18.9 Å². The molecule has 1 aromatic carbocycles. The Balaban J connectivity index is 1.37. The van der Waals surface area contributed by atoms with E-state index < -0.39 is 27.8 Å². The molecule has 0 unspecified atom stereocenters. The summed E-state index contributed by atoms with van der Waals surface area (Å²) in [5, 5.41) is 6.35. The second-order valence-corrected chi connectivity index (χ2v) is 10.1. The second-order valence-electron chi connectivity index (χ2n) is 8.13. The van der Waals surface area contributed by atoms with Gasteiger partial charge in [0.1, 0.15) is 5.69 Å². The van der Waals surface area contributed by atoms with Crippen molar-refractivity contribution in [1.29, 1.82) is 0 Å². The summed E-state index contributed by atoms with van der Waals surface area (Å²) in [4.78, 5) is 17.0. The Labute approximate surface area is 192 Å². The van der Waals surface area contributed by atoms with Gasteiger partial charge in [-0.3, -0.25) is 4.79 Å². The molecule has 1 saturated heterocycles. The molecule has 0 bridgehead atoms. The first kappa shape index (κ1) is 22.7. The van der Waals surface area contributed by atoms with Gasteiger partial charge < -0.3 is 10.1 Å². The lowest BCUT2D eigenvalue weighted by atomic mass is 10.2. The molecular formula is C21H20F3N5O4S. The van der Waals surface area contributed by atoms with Gasteiger partial charge in [-0.2, -0.15) is 22.6 Å². The van der Waals surface area contributed by atoms with Gasteiger partial charge in [0.05, 0.1) is 18.1 Å². The van der Waals surface area contributed by atoms with E-state index in [9.17, 15) is 26.4 Å². The number of nitrogens with one attached hydrogen (secondary N) is 1. The third-order valence-electron chi connectivity index (χ3n) is 5.69. The molecule has 1 saturated carbocycles. The third-order valence-corrected chi connectivity index (χ3v) is 7.60. The smallest absolute Gasteiger partial charge is 0.379 e. The first-order chi connectivity index (χ1) is 16.1. The van der Waals surface area contributed by atoms with Crippen LogP contribution >= 0.6 is 0 Å². The summed E-state index contributed by atoms with van der Waals surface area (Å²) in [6.45, 7) is 1.15. The molecule has 180 valence electrons. The number of halogens is 3. The molecule has 1 N–H and O–H groups in total. The average molecular weight is 495 g/mol. The predicted octanol–water partition coefficient (Wildman–Crippen LogP) is 2.90. The van der Waals surface area contributed by atoms with Crippen molar-refractivity contribution in [3.8, 4) is 0 Å². The standard InChI is InChI=1S/C21H20F3N5O4S/c22-21(23,24)18-11-16(13-1-2-13)26-19-12-17(27-29(18)19)20(30)25-14-3-5-15(6-4-14)34(31,32)28-7-9-33-10-8-28/h3-6,11-13H,1-2,7-10H2,(H,25,30). The van der Waals surface area contributed by atoms with Crippen LogP contribution in [0.5, 0.6) is 0 Å². The zero-order valence-corrected chi connectivity index (χ0v) is 18.6. The topological polar surface area (TPSA) is 106 Å². The summed E-state index contributed by atoms with van der Waals surface area (Å²) in [6.07, 6.45) is -3.11. The Morgan fingerprint density at radius 1 is 1.09 bits per heavy atom. The number of hydrogen-bond donors (Lipinski definition) is 1. The number of sulfonamides is 1. The quantitative estimate of drug-likeness (QED) is 0.584. The monoisotopic (exact) mass is 495 g/mol. The minimum Gasteiger partial charge on any atom is -0.379 e. The van der Waals surface area contributed by atoms with Gasteiger partial charge >= 0.3 is 6.18 Å². The summed E-state index contributed by atoms with van der Waals surface area (Å²) >= 11 is 0. The fourth-order valence-corrected chi connectivity index (χ4v) is 5.14. The number of hydrogen-bond acceptors (Lipinski definition) is 6. The zero-order valence-electron chi connectivity index (χ0n) is 17.7. The maximum atomic E-state index is 13.6. The van der Waals surface area contributed by atoms with E-state index in [0.717, 1.165) is 18.9 Å². The Bertz CT molecular complexity index is 1350. The molecule has 0 atom stereocenters. The fourth-order valence-electron chi connectivity index (χ4n) is 3.74. The van der Waals surface area contributed by atoms with E-state index in [2.05, 4.69) is 15.4 Å². The van der Waals surface area contributed by atoms with Crippen LogP contribution in [0.2, 0.25) is 0 Å². The summed E-state index contributed by atoms with van der Waals surface area (Å²) in [7, 11) is -3.69. The molecule has 1 aliphatic heterocycles. The van der Waals surface area contributed by atoms with Gasteiger partial charge in [-0.15, -0.1) is 0 Å². The van der Waals surface area contributed by atoms with Gasteiger partial charge in [0, 0.05) is 36.5 Å². The van der Waals surface area contributed by atoms with Crippen molar-refractivity contribution in [2.45, 2.75) is 29.8 Å². The third kappa shape index (κ3) is 4.38. The molecule has 3 aromatic rings. The van der Waals surface area contributed by atoms with Gasteiger partial charge in [-0.25, -0.2) is 17.9 Å². The number of alkyl halides is 3. The zero-order chi connectivity index (χ0) is 24.1. The maximum Gasteiger partial charge on any atom is 0.433 e. The number of fused-ring (bicyclic) bond motifs is 1. The second kappa shape index (κ2) is 8.32. The Hall–Kier alpha value is -3.03. The van der Waals surface area contributed by atoms with Gasteiger partial charge in [0.25, 0.3) is 5.91 Å². The molecule has 0 spiro atoms. The molecule has 9 nitrogen and oxygen atoms in total. The fraction of sp³-hybridized carbons (Fsp3) is 0.381. The van der Waals surface area contributed by atoms with Crippen LogP contribution in [0.15, 0.2) is 41.3 Å². The molecule has 1 aliphatic carbocycles. The van der Waals surface area contributed by atoms with Crippen LogP contribution in [-0.2, 0) is 20.9 Å². The number of morpholine rings is 1. The van der Waals surface area contributed by atoms with E-state index in [1.54, 1.807) is 0 Å². The number of carbonyl (C=O) groups excluding carboxylic acids is 1. The molecule has 0 radical (unpaired) electrons. The largest absolute Gasteiger partial charge is 0.433 e.